The number of amides is 1. The van der Waals surface area contributed by atoms with Gasteiger partial charge in [0, 0.05) is 24.5 Å². The third-order valence-corrected chi connectivity index (χ3v) is 3.60. The zero-order chi connectivity index (χ0) is 14.3. The van der Waals surface area contributed by atoms with Crippen LogP contribution in [0.3, 0.4) is 0 Å². The van der Waals surface area contributed by atoms with E-state index in [-0.39, 0.29) is 11.4 Å². The van der Waals surface area contributed by atoms with Crippen LogP contribution in [0.15, 0.2) is 12.3 Å². The van der Waals surface area contributed by atoms with Gasteiger partial charge in [-0.05, 0) is 18.7 Å². The number of hydrogen-bond donors (Lipinski definition) is 2. The van der Waals surface area contributed by atoms with E-state index in [1.54, 1.807) is 11.8 Å². The predicted molar refractivity (Wildman–Crippen MR) is 78.3 cm³/mol. The molecule has 0 fully saturated rings. The second-order valence-corrected chi connectivity index (χ2v) is 5.48. The van der Waals surface area contributed by atoms with Crippen LogP contribution in [-0.2, 0) is 0 Å². The quantitative estimate of drug-likeness (QED) is 0.808. The van der Waals surface area contributed by atoms with Crippen LogP contribution in [0.5, 0.6) is 0 Å². The van der Waals surface area contributed by atoms with Crippen molar-refractivity contribution >= 4 is 23.5 Å². The molecule has 0 saturated heterocycles. The fourth-order valence-corrected chi connectivity index (χ4v) is 1.65. The lowest BCUT2D eigenvalue weighted by atomic mass is 10.2. The highest BCUT2D eigenvalue weighted by molar-refractivity contribution is 7.99. The van der Waals surface area contributed by atoms with Crippen LogP contribution in [0, 0.1) is 5.82 Å². The second kappa shape index (κ2) is 7.99. The van der Waals surface area contributed by atoms with Crippen molar-refractivity contribution in [2.24, 2.45) is 0 Å². The third kappa shape index (κ3) is 4.70. The van der Waals surface area contributed by atoms with Crippen molar-refractivity contribution in [1.82, 2.24) is 10.3 Å². The van der Waals surface area contributed by atoms with Gasteiger partial charge in [-0.1, -0.05) is 13.8 Å². The number of aromatic nitrogens is 1. The maximum atomic E-state index is 14.1. The Morgan fingerprint density at radius 2 is 2.32 bits per heavy atom. The molecular formula is C13H20FN3OS. The Balaban J connectivity index is 2.74. The lowest BCUT2D eigenvalue weighted by Crippen LogP contribution is -2.30. The number of hydrogen-bond acceptors (Lipinski definition) is 4. The molecule has 19 heavy (non-hydrogen) atoms. The summed E-state index contributed by atoms with van der Waals surface area (Å²) in [6.07, 6.45) is 4.27. The fourth-order valence-electron chi connectivity index (χ4n) is 1.40. The van der Waals surface area contributed by atoms with Crippen molar-refractivity contribution < 1.29 is 9.18 Å². The van der Waals surface area contributed by atoms with Gasteiger partial charge in [0.2, 0.25) is 0 Å². The van der Waals surface area contributed by atoms with E-state index in [0.29, 0.717) is 18.3 Å². The summed E-state index contributed by atoms with van der Waals surface area (Å²) in [6.45, 7) is 5.12. The Morgan fingerprint density at radius 3 is 2.95 bits per heavy atom. The molecule has 0 aromatic carbocycles. The van der Waals surface area contributed by atoms with Gasteiger partial charge in [0.15, 0.2) is 11.6 Å². The summed E-state index contributed by atoms with van der Waals surface area (Å²) in [6, 6.07) is 1.39. The molecule has 0 aliphatic carbocycles. The summed E-state index contributed by atoms with van der Waals surface area (Å²) in [5.41, 5.74) is 0.0295. The van der Waals surface area contributed by atoms with Gasteiger partial charge in [-0.2, -0.15) is 11.8 Å². The molecule has 106 valence electrons. The normalized spacial score (nSPS) is 12.0. The van der Waals surface area contributed by atoms with Crippen molar-refractivity contribution in [2.75, 3.05) is 24.7 Å². The Morgan fingerprint density at radius 1 is 1.58 bits per heavy atom. The smallest absolute Gasteiger partial charge is 0.254 e. The van der Waals surface area contributed by atoms with Gasteiger partial charge in [-0.25, -0.2) is 9.37 Å². The van der Waals surface area contributed by atoms with E-state index in [1.807, 2.05) is 20.1 Å². The van der Waals surface area contributed by atoms with Gasteiger partial charge in [-0.15, -0.1) is 0 Å². The molecule has 1 atom stereocenters. The molecule has 1 unspecified atom stereocenters. The SMILES string of the molecule is CCCNc1nccc(C(=O)NCC(C)SC)c1F. The van der Waals surface area contributed by atoms with E-state index >= 15 is 0 Å². The van der Waals surface area contributed by atoms with Crippen molar-refractivity contribution in [3.8, 4) is 0 Å². The van der Waals surface area contributed by atoms with Crippen molar-refractivity contribution in [2.45, 2.75) is 25.5 Å². The molecule has 4 nitrogen and oxygen atoms in total. The highest BCUT2D eigenvalue weighted by atomic mass is 32.2. The average molecular weight is 285 g/mol. The molecule has 1 aromatic heterocycles. The number of rotatable bonds is 7. The summed E-state index contributed by atoms with van der Waals surface area (Å²) >= 11 is 1.65. The molecule has 0 saturated carbocycles. The topological polar surface area (TPSA) is 54.0 Å². The number of nitrogens with one attached hydrogen (secondary N) is 2. The maximum absolute atomic E-state index is 14.1. The van der Waals surface area contributed by atoms with Gasteiger partial charge in [-0.3, -0.25) is 4.79 Å². The van der Waals surface area contributed by atoms with Crippen LogP contribution in [0.25, 0.3) is 0 Å². The fraction of sp³-hybridized carbons (Fsp3) is 0.538. The molecule has 0 spiro atoms. The van der Waals surface area contributed by atoms with Crippen LogP contribution < -0.4 is 10.6 Å². The molecule has 0 radical (unpaired) electrons. The molecule has 1 rings (SSSR count). The monoisotopic (exact) mass is 285 g/mol. The number of carbonyl (C=O) groups is 1. The molecule has 1 amide bonds. The number of anilines is 1. The van der Waals surface area contributed by atoms with Crippen molar-refractivity contribution in [1.29, 1.82) is 0 Å². The van der Waals surface area contributed by atoms with Crippen LogP contribution in [0.4, 0.5) is 10.2 Å². The van der Waals surface area contributed by atoms with Crippen LogP contribution in [0.1, 0.15) is 30.6 Å². The zero-order valence-corrected chi connectivity index (χ0v) is 12.3. The first-order valence-electron chi connectivity index (χ1n) is 6.29. The zero-order valence-electron chi connectivity index (χ0n) is 11.5. The van der Waals surface area contributed by atoms with E-state index in [9.17, 15) is 9.18 Å². The van der Waals surface area contributed by atoms with Gasteiger partial charge in [0.25, 0.3) is 5.91 Å². The molecule has 1 aromatic rings. The minimum atomic E-state index is -0.592. The van der Waals surface area contributed by atoms with Gasteiger partial charge in [0.05, 0.1) is 5.56 Å². The molecular weight excluding hydrogens is 265 g/mol. The van der Waals surface area contributed by atoms with E-state index in [2.05, 4.69) is 15.6 Å². The third-order valence-electron chi connectivity index (χ3n) is 2.63. The van der Waals surface area contributed by atoms with Crippen molar-refractivity contribution in [3.05, 3.63) is 23.6 Å². The summed E-state index contributed by atoms with van der Waals surface area (Å²) in [5.74, 6) is -0.863. The van der Waals surface area contributed by atoms with Gasteiger partial charge in [0.1, 0.15) is 0 Å². The Labute approximate surface area is 117 Å². The largest absolute Gasteiger partial charge is 0.368 e. The molecule has 0 aliphatic heterocycles. The number of thioether (sulfide) groups is 1. The van der Waals surface area contributed by atoms with Gasteiger partial charge < -0.3 is 10.6 Å². The lowest BCUT2D eigenvalue weighted by molar-refractivity contribution is 0.0950. The Hall–Kier alpha value is -1.30. The minimum absolute atomic E-state index is 0.0295. The number of pyridine rings is 1. The summed E-state index contributed by atoms with van der Waals surface area (Å²) < 4.78 is 14.1. The minimum Gasteiger partial charge on any atom is -0.368 e. The highest BCUT2D eigenvalue weighted by Gasteiger charge is 2.16. The second-order valence-electron chi connectivity index (χ2n) is 4.20. The van der Waals surface area contributed by atoms with E-state index in [4.69, 9.17) is 0 Å². The first-order chi connectivity index (χ1) is 9.10. The van der Waals surface area contributed by atoms with Crippen LogP contribution >= 0.6 is 11.8 Å². The first kappa shape index (κ1) is 15.8. The van der Waals surface area contributed by atoms with Crippen molar-refractivity contribution in [3.63, 3.8) is 0 Å². The number of carbonyl (C=O) groups excluding carboxylic acids is 1. The highest BCUT2D eigenvalue weighted by Crippen LogP contribution is 2.15. The predicted octanol–water partition coefficient (Wildman–Crippen LogP) is 2.52. The summed E-state index contributed by atoms with van der Waals surface area (Å²) in [5, 5.41) is 5.88. The first-order valence-corrected chi connectivity index (χ1v) is 7.58. The van der Waals surface area contributed by atoms with Crippen LogP contribution in [-0.4, -0.2) is 35.5 Å². The summed E-state index contributed by atoms with van der Waals surface area (Å²) in [4.78, 5) is 15.8. The van der Waals surface area contributed by atoms with Crippen LogP contribution in [0.2, 0.25) is 0 Å². The molecule has 2 N–H and O–H groups in total. The maximum Gasteiger partial charge on any atom is 0.254 e. The lowest BCUT2D eigenvalue weighted by Gasteiger charge is -2.11. The average Bonchev–Trinajstić information content (AvgIpc) is 2.43. The molecule has 0 aliphatic rings. The number of halogens is 1. The Kier molecular flexibility index (Phi) is 6.62. The molecule has 1 heterocycles. The summed E-state index contributed by atoms with van der Waals surface area (Å²) in [7, 11) is 0. The number of nitrogens with zero attached hydrogens (tertiary/aromatic N) is 1. The standard InChI is InChI=1S/C13H20FN3OS/c1-4-6-15-12-11(14)10(5-7-16-12)13(18)17-8-9(2)19-3/h5,7,9H,4,6,8H2,1-3H3,(H,15,16)(H,17,18). The molecule has 6 heteroatoms. The van der Waals surface area contributed by atoms with E-state index < -0.39 is 11.7 Å². The molecule has 0 bridgehead atoms. The van der Waals surface area contributed by atoms with Gasteiger partial charge >= 0.3 is 0 Å². The van der Waals surface area contributed by atoms with E-state index in [1.165, 1.54) is 12.3 Å². The van der Waals surface area contributed by atoms with E-state index in [0.717, 1.165) is 6.42 Å². The Bertz CT molecular complexity index is 428.